The second-order valence-electron chi connectivity index (χ2n) is 7.31. The molecule has 2 aromatic rings. The number of carbonyl (C=O) groups excluding carboxylic acids is 1. The topological polar surface area (TPSA) is 104 Å². The minimum atomic E-state index is -0.358. The summed E-state index contributed by atoms with van der Waals surface area (Å²) in [4.78, 5) is 28.1. The van der Waals surface area contributed by atoms with E-state index in [-0.39, 0.29) is 11.9 Å². The molecule has 1 amide bonds. The lowest BCUT2D eigenvalue weighted by Crippen LogP contribution is -2.39. The highest BCUT2D eigenvalue weighted by atomic mass is 35.5. The lowest BCUT2D eigenvalue weighted by molar-refractivity contribution is -0.121. The molecule has 160 valence electrons. The zero-order valence-electron chi connectivity index (χ0n) is 16.7. The fraction of sp³-hybridized carbons (Fsp3) is 0.500. The minimum absolute atomic E-state index is 0.0218. The number of hydrogen-bond acceptors (Lipinski definition) is 8. The number of ether oxygens (including phenoxy) is 1. The zero-order valence-corrected chi connectivity index (χ0v) is 17.5. The van der Waals surface area contributed by atoms with Crippen LogP contribution < -0.4 is 20.9 Å². The summed E-state index contributed by atoms with van der Waals surface area (Å²) in [6.07, 6.45) is 2.69. The van der Waals surface area contributed by atoms with Crippen molar-refractivity contribution in [3.63, 3.8) is 0 Å². The monoisotopic (exact) mass is 431 g/mol. The molecule has 9 nitrogen and oxygen atoms in total. The van der Waals surface area contributed by atoms with Crippen LogP contribution >= 0.6 is 11.6 Å². The maximum atomic E-state index is 12.3. The molecule has 3 heterocycles. The predicted molar refractivity (Wildman–Crippen MR) is 116 cm³/mol. The van der Waals surface area contributed by atoms with E-state index in [1.807, 2.05) is 24.3 Å². The average molecular weight is 432 g/mol. The number of hydrogen-bond donors (Lipinski definition) is 3. The van der Waals surface area contributed by atoms with Crippen molar-refractivity contribution < 1.29 is 9.53 Å². The highest BCUT2D eigenvalue weighted by molar-refractivity contribution is 6.31. The van der Waals surface area contributed by atoms with Gasteiger partial charge in [-0.2, -0.15) is 15.0 Å². The SMILES string of the molecule is O=C1NCCCCC1Nc1nc(NCc2ccccc2Cl)nc(N2CCOCC2)n1. The molecule has 10 heteroatoms. The summed E-state index contributed by atoms with van der Waals surface area (Å²) in [7, 11) is 0. The normalized spacial score (nSPS) is 19.7. The Balaban J connectivity index is 1.55. The number of carbonyl (C=O) groups is 1. The van der Waals surface area contributed by atoms with Crippen LogP contribution in [0.1, 0.15) is 24.8 Å². The van der Waals surface area contributed by atoms with Gasteiger partial charge in [0.05, 0.1) is 13.2 Å². The molecule has 1 unspecified atom stereocenters. The average Bonchev–Trinajstić information content (AvgIpc) is 2.98. The van der Waals surface area contributed by atoms with Gasteiger partial charge in [-0.15, -0.1) is 0 Å². The van der Waals surface area contributed by atoms with Gasteiger partial charge in [-0.1, -0.05) is 29.8 Å². The van der Waals surface area contributed by atoms with Gasteiger partial charge in [-0.25, -0.2) is 0 Å². The Morgan fingerprint density at radius 3 is 2.77 bits per heavy atom. The van der Waals surface area contributed by atoms with Crippen LogP contribution in [0.3, 0.4) is 0 Å². The summed E-state index contributed by atoms with van der Waals surface area (Å²) in [5.74, 6) is 1.36. The van der Waals surface area contributed by atoms with Gasteiger partial charge >= 0.3 is 0 Å². The Labute approximate surface area is 180 Å². The standard InChI is InChI=1S/C20H26ClN7O2/c21-15-6-2-1-5-14(15)13-23-18-25-19(24-16-7-3-4-8-22-17(16)29)27-20(26-18)28-9-11-30-12-10-28/h1-2,5-6,16H,3-4,7-13H2,(H,22,29)(H2,23,24,25,26,27). The molecule has 30 heavy (non-hydrogen) atoms. The molecule has 0 radical (unpaired) electrons. The van der Waals surface area contributed by atoms with Crippen LogP contribution in [0.25, 0.3) is 0 Å². The van der Waals surface area contributed by atoms with Crippen LogP contribution in [0.4, 0.5) is 17.8 Å². The minimum Gasteiger partial charge on any atom is -0.378 e. The number of halogens is 1. The van der Waals surface area contributed by atoms with Crippen molar-refractivity contribution in [2.45, 2.75) is 31.8 Å². The Morgan fingerprint density at radius 1 is 1.13 bits per heavy atom. The van der Waals surface area contributed by atoms with E-state index in [1.54, 1.807) is 0 Å². The van der Waals surface area contributed by atoms with Crippen LogP contribution in [0.15, 0.2) is 24.3 Å². The van der Waals surface area contributed by atoms with Gasteiger partial charge < -0.3 is 25.6 Å². The third-order valence-electron chi connectivity index (χ3n) is 5.15. The van der Waals surface area contributed by atoms with E-state index in [4.69, 9.17) is 16.3 Å². The summed E-state index contributed by atoms with van der Waals surface area (Å²) < 4.78 is 5.44. The summed E-state index contributed by atoms with van der Waals surface area (Å²) in [5, 5.41) is 10.1. The Morgan fingerprint density at radius 2 is 1.93 bits per heavy atom. The molecule has 0 saturated carbocycles. The number of morpholine rings is 1. The summed E-state index contributed by atoms with van der Waals surface area (Å²) in [6.45, 7) is 3.85. The summed E-state index contributed by atoms with van der Waals surface area (Å²) in [5.41, 5.74) is 0.949. The van der Waals surface area contributed by atoms with Gasteiger partial charge in [0.15, 0.2) is 0 Å². The third kappa shape index (κ3) is 5.28. The van der Waals surface area contributed by atoms with Gasteiger partial charge in [0.25, 0.3) is 0 Å². The Hall–Kier alpha value is -2.65. The number of benzene rings is 1. The Kier molecular flexibility index (Phi) is 6.81. The highest BCUT2D eigenvalue weighted by Crippen LogP contribution is 2.20. The molecule has 2 aliphatic rings. The molecule has 4 rings (SSSR count). The van der Waals surface area contributed by atoms with E-state index in [0.717, 1.165) is 24.8 Å². The van der Waals surface area contributed by atoms with Crippen molar-refractivity contribution in [3.05, 3.63) is 34.9 Å². The second-order valence-corrected chi connectivity index (χ2v) is 7.72. The molecule has 3 N–H and O–H groups in total. The lowest BCUT2D eigenvalue weighted by atomic mass is 10.1. The van der Waals surface area contributed by atoms with Gasteiger partial charge in [-0.3, -0.25) is 4.79 Å². The molecule has 0 aliphatic carbocycles. The van der Waals surface area contributed by atoms with Gasteiger partial charge in [0.2, 0.25) is 23.8 Å². The van der Waals surface area contributed by atoms with Crippen molar-refractivity contribution in [2.75, 3.05) is 48.4 Å². The van der Waals surface area contributed by atoms with Crippen molar-refractivity contribution in [3.8, 4) is 0 Å². The molecular weight excluding hydrogens is 406 g/mol. The molecule has 2 fully saturated rings. The maximum absolute atomic E-state index is 12.3. The maximum Gasteiger partial charge on any atom is 0.242 e. The van der Waals surface area contributed by atoms with Crippen LogP contribution in [0.2, 0.25) is 5.02 Å². The number of anilines is 3. The third-order valence-corrected chi connectivity index (χ3v) is 5.52. The zero-order chi connectivity index (χ0) is 20.8. The molecule has 0 bridgehead atoms. The van der Waals surface area contributed by atoms with E-state index in [2.05, 4.69) is 35.8 Å². The number of rotatable bonds is 6. The van der Waals surface area contributed by atoms with Crippen LogP contribution in [-0.4, -0.2) is 59.7 Å². The van der Waals surface area contributed by atoms with Gasteiger partial charge in [-0.05, 0) is 30.9 Å². The molecule has 1 atom stereocenters. The Bertz CT molecular complexity index is 876. The first kappa shape index (κ1) is 20.6. The van der Waals surface area contributed by atoms with Gasteiger partial charge in [0.1, 0.15) is 6.04 Å². The van der Waals surface area contributed by atoms with Crippen LogP contribution in [-0.2, 0) is 16.1 Å². The summed E-state index contributed by atoms with van der Waals surface area (Å²) in [6, 6.07) is 7.28. The lowest BCUT2D eigenvalue weighted by Gasteiger charge is -2.27. The fourth-order valence-electron chi connectivity index (χ4n) is 3.46. The van der Waals surface area contributed by atoms with Crippen LogP contribution in [0, 0.1) is 0 Å². The first-order valence-corrected chi connectivity index (χ1v) is 10.7. The molecule has 1 aromatic heterocycles. The first-order chi connectivity index (χ1) is 14.7. The smallest absolute Gasteiger partial charge is 0.242 e. The van der Waals surface area contributed by atoms with E-state index in [0.29, 0.717) is 62.3 Å². The highest BCUT2D eigenvalue weighted by Gasteiger charge is 2.23. The molecule has 1 aromatic carbocycles. The first-order valence-electron chi connectivity index (χ1n) is 10.3. The number of aromatic nitrogens is 3. The molecule has 2 aliphatic heterocycles. The molecular formula is C20H26ClN7O2. The van der Waals surface area contributed by atoms with Crippen LogP contribution in [0.5, 0.6) is 0 Å². The second kappa shape index (κ2) is 9.90. The largest absolute Gasteiger partial charge is 0.378 e. The number of amides is 1. The predicted octanol–water partition coefficient (Wildman–Crippen LogP) is 2.05. The van der Waals surface area contributed by atoms with E-state index < -0.39 is 0 Å². The van der Waals surface area contributed by atoms with Crippen molar-refractivity contribution in [1.82, 2.24) is 20.3 Å². The number of nitrogens with zero attached hydrogens (tertiary/aromatic N) is 4. The van der Waals surface area contributed by atoms with Crippen molar-refractivity contribution in [2.24, 2.45) is 0 Å². The van der Waals surface area contributed by atoms with E-state index in [9.17, 15) is 4.79 Å². The molecule has 2 saturated heterocycles. The molecule has 0 spiro atoms. The van der Waals surface area contributed by atoms with Gasteiger partial charge in [0, 0.05) is 31.2 Å². The fourth-order valence-corrected chi connectivity index (χ4v) is 3.66. The van der Waals surface area contributed by atoms with Crippen molar-refractivity contribution in [1.29, 1.82) is 0 Å². The quantitative estimate of drug-likeness (QED) is 0.638. The number of nitrogens with one attached hydrogen (secondary N) is 3. The van der Waals surface area contributed by atoms with E-state index in [1.165, 1.54) is 0 Å². The van der Waals surface area contributed by atoms with Crippen molar-refractivity contribution >= 4 is 35.4 Å². The summed E-state index contributed by atoms with van der Waals surface area (Å²) >= 11 is 6.26. The van der Waals surface area contributed by atoms with E-state index >= 15 is 0 Å².